The van der Waals surface area contributed by atoms with Gasteiger partial charge in [-0.15, -0.1) is 0 Å². The number of aliphatic hydroxyl groups is 1. The Bertz CT molecular complexity index is 797. The molecule has 122 valence electrons. The number of carbonyl (C=O) groups excluding carboxylic acids is 1. The fraction of sp³-hybridized carbons (Fsp3) is 0.250. The van der Waals surface area contributed by atoms with E-state index in [1.807, 2.05) is 54.6 Å². The first kappa shape index (κ1) is 16.8. The highest BCUT2D eigenvalue weighted by Gasteiger charge is 2.61. The molecule has 0 heterocycles. The molecule has 2 aromatic carbocycles. The van der Waals surface area contributed by atoms with E-state index in [9.17, 15) is 9.90 Å². The normalized spacial score (nSPS) is 17.1. The zero-order chi connectivity index (χ0) is 17.2. The van der Waals surface area contributed by atoms with E-state index in [0.29, 0.717) is 18.5 Å². The molecule has 1 unspecified atom stereocenters. The molecule has 0 bridgehead atoms. The summed E-state index contributed by atoms with van der Waals surface area (Å²) in [7, 11) is 0. The van der Waals surface area contributed by atoms with Crippen LogP contribution in [0.3, 0.4) is 0 Å². The van der Waals surface area contributed by atoms with Crippen LogP contribution >= 0.6 is 15.9 Å². The van der Waals surface area contributed by atoms with Gasteiger partial charge in [0.2, 0.25) is 5.91 Å². The highest BCUT2D eigenvalue weighted by molar-refractivity contribution is 9.10. The van der Waals surface area contributed by atoms with Crippen LogP contribution in [0, 0.1) is 17.3 Å². The first-order valence-corrected chi connectivity index (χ1v) is 8.60. The molecule has 0 radical (unpaired) electrons. The van der Waals surface area contributed by atoms with Crippen LogP contribution in [-0.4, -0.2) is 16.6 Å². The molecule has 4 heteroatoms. The second-order valence-corrected chi connectivity index (χ2v) is 7.15. The van der Waals surface area contributed by atoms with Crippen molar-refractivity contribution in [1.82, 2.24) is 0 Å². The summed E-state index contributed by atoms with van der Waals surface area (Å²) in [5, 5.41) is 13.7. The highest BCUT2D eigenvalue weighted by Crippen LogP contribution is 2.54. The summed E-state index contributed by atoms with van der Waals surface area (Å²) >= 11 is 3.37. The molecule has 0 aliphatic heterocycles. The van der Waals surface area contributed by atoms with Gasteiger partial charge in [0, 0.05) is 15.7 Å². The van der Waals surface area contributed by atoms with E-state index in [1.165, 1.54) is 0 Å². The fourth-order valence-electron chi connectivity index (χ4n) is 2.68. The zero-order valence-electron chi connectivity index (χ0n) is 13.3. The number of anilines is 1. The summed E-state index contributed by atoms with van der Waals surface area (Å²) in [6.45, 7) is 1.62. The van der Waals surface area contributed by atoms with E-state index in [2.05, 4.69) is 33.1 Å². The number of halogens is 1. The molecule has 2 N–H and O–H groups in total. The van der Waals surface area contributed by atoms with Crippen LogP contribution in [0.2, 0.25) is 0 Å². The van der Waals surface area contributed by atoms with E-state index < -0.39 is 11.0 Å². The second-order valence-electron chi connectivity index (χ2n) is 6.23. The minimum atomic E-state index is -1.37. The summed E-state index contributed by atoms with van der Waals surface area (Å²) in [6, 6.07) is 16.8. The number of rotatable bonds is 3. The molecular weight excluding hydrogens is 366 g/mol. The van der Waals surface area contributed by atoms with Gasteiger partial charge >= 0.3 is 0 Å². The van der Waals surface area contributed by atoms with Crippen LogP contribution in [0.1, 0.15) is 25.3 Å². The maximum Gasteiger partial charge on any atom is 0.234 e. The molecule has 2 aromatic rings. The van der Waals surface area contributed by atoms with Gasteiger partial charge in [-0.25, -0.2) is 0 Å². The van der Waals surface area contributed by atoms with Crippen molar-refractivity contribution in [2.24, 2.45) is 5.41 Å². The van der Waals surface area contributed by atoms with E-state index >= 15 is 0 Å². The third kappa shape index (κ3) is 3.38. The van der Waals surface area contributed by atoms with Gasteiger partial charge in [-0.1, -0.05) is 46.0 Å². The summed E-state index contributed by atoms with van der Waals surface area (Å²) in [5.41, 5.74) is -0.687. The van der Waals surface area contributed by atoms with Crippen molar-refractivity contribution in [1.29, 1.82) is 0 Å². The topological polar surface area (TPSA) is 49.3 Å². The van der Waals surface area contributed by atoms with Crippen molar-refractivity contribution in [2.45, 2.75) is 25.4 Å². The molecule has 1 aliphatic rings. The first-order chi connectivity index (χ1) is 11.4. The maximum atomic E-state index is 12.7. The minimum absolute atomic E-state index is 0.183. The van der Waals surface area contributed by atoms with Crippen molar-refractivity contribution < 1.29 is 9.90 Å². The van der Waals surface area contributed by atoms with E-state index in [-0.39, 0.29) is 5.91 Å². The van der Waals surface area contributed by atoms with Crippen LogP contribution in [-0.2, 0) is 4.79 Å². The third-order valence-corrected chi connectivity index (χ3v) is 4.97. The monoisotopic (exact) mass is 383 g/mol. The molecule has 0 saturated heterocycles. The number of nitrogens with one attached hydrogen (secondary N) is 1. The maximum absolute atomic E-state index is 12.7. The van der Waals surface area contributed by atoms with E-state index in [1.54, 1.807) is 6.92 Å². The predicted molar refractivity (Wildman–Crippen MR) is 98.4 cm³/mol. The largest absolute Gasteiger partial charge is 0.377 e. The molecule has 1 aliphatic carbocycles. The van der Waals surface area contributed by atoms with Crippen molar-refractivity contribution in [3.8, 4) is 11.8 Å². The van der Waals surface area contributed by atoms with Gasteiger partial charge < -0.3 is 10.4 Å². The lowest BCUT2D eigenvalue weighted by atomic mass is 9.85. The molecule has 1 amide bonds. The SMILES string of the molecule is CC(O)(C#Cc1ccccc1)C1(C(=O)Nc2ccc(Br)cc2)CC1. The fourth-order valence-corrected chi connectivity index (χ4v) is 2.94. The molecule has 1 fully saturated rings. The van der Waals surface area contributed by atoms with Gasteiger partial charge in [0.15, 0.2) is 0 Å². The number of amides is 1. The Labute approximate surface area is 150 Å². The quantitative estimate of drug-likeness (QED) is 0.787. The average Bonchev–Trinajstić information content (AvgIpc) is 3.39. The smallest absolute Gasteiger partial charge is 0.234 e. The summed E-state index contributed by atoms with van der Waals surface area (Å²) in [4.78, 5) is 12.7. The first-order valence-electron chi connectivity index (χ1n) is 7.81. The zero-order valence-corrected chi connectivity index (χ0v) is 14.9. The molecule has 3 nitrogen and oxygen atoms in total. The van der Waals surface area contributed by atoms with Crippen LogP contribution in [0.15, 0.2) is 59.1 Å². The van der Waals surface area contributed by atoms with E-state index in [4.69, 9.17) is 0 Å². The van der Waals surface area contributed by atoms with Crippen LogP contribution in [0.5, 0.6) is 0 Å². The lowest BCUT2D eigenvalue weighted by Crippen LogP contribution is -2.43. The molecule has 24 heavy (non-hydrogen) atoms. The molecule has 0 aromatic heterocycles. The van der Waals surface area contributed by atoms with Crippen molar-refractivity contribution in [3.05, 3.63) is 64.6 Å². The van der Waals surface area contributed by atoms with Gasteiger partial charge in [0.05, 0.1) is 5.41 Å². The Morgan fingerprint density at radius 1 is 1.17 bits per heavy atom. The average molecular weight is 384 g/mol. The number of carbonyl (C=O) groups is 1. The summed E-state index contributed by atoms with van der Waals surface area (Å²) in [5.74, 6) is 5.68. The standard InChI is InChI=1S/C20H18BrNO2/c1-19(24,12-11-15-5-3-2-4-6-15)20(13-14-20)18(23)22-17-9-7-16(21)8-10-17/h2-10,24H,13-14H2,1H3,(H,22,23). The lowest BCUT2D eigenvalue weighted by Gasteiger charge is -2.27. The molecule has 1 atom stereocenters. The predicted octanol–water partition coefficient (Wildman–Crippen LogP) is 3.97. The second kappa shape index (κ2) is 6.43. The Hall–Kier alpha value is -2.09. The Morgan fingerprint density at radius 2 is 1.79 bits per heavy atom. The van der Waals surface area contributed by atoms with Gasteiger partial charge in [-0.3, -0.25) is 4.79 Å². The van der Waals surface area contributed by atoms with E-state index in [0.717, 1.165) is 10.0 Å². The Balaban J connectivity index is 1.78. The van der Waals surface area contributed by atoms with Crippen LogP contribution in [0.25, 0.3) is 0 Å². The van der Waals surface area contributed by atoms with Crippen molar-refractivity contribution >= 4 is 27.5 Å². The molecule has 1 saturated carbocycles. The van der Waals surface area contributed by atoms with Crippen molar-refractivity contribution in [3.63, 3.8) is 0 Å². The Kier molecular flexibility index (Phi) is 4.49. The van der Waals surface area contributed by atoms with Gasteiger partial charge in [0.1, 0.15) is 5.60 Å². The van der Waals surface area contributed by atoms with Gasteiger partial charge in [0.25, 0.3) is 0 Å². The number of hydrogen-bond acceptors (Lipinski definition) is 2. The summed E-state index contributed by atoms with van der Waals surface area (Å²) in [6.07, 6.45) is 1.26. The number of hydrogen-bond donors (Lipinski definition) is 2. The highest BCUT2D eigenvalue weighted by atomic mass is 79.9. The molecular formula is C20H18BrNO2. The minimum Gasteiger partial charge on any atom is -0.377 e. The molecule has 3 rings (SSSR count). The molecule has 0 spiro atoms. The van der Waals surface area contributed by atoms with Gasteiger partial charge in [-0.2, -0.15) is 0 Å². The van der Waals surface area contributed by atoms with Gasteiger partial charge in [-0.05, 0) is 56.2 Å². The van der Waals surface area contributed by atoms with Crippen molar-refractivity contribution in [2.75, 3.05) is 5.32 Å². The van der Waals surface area contributed by atoms with Crippen LogP contribution < -0.4 is 5.32 Å². The summed E-state index contributed by atoms with van der Waals surface area (Å²) < 4.78 is 0.947. The number of benzene rings is 2. The van der Waals surface area contributed by atoms with Crippen LogP contribution in [0.4, 0.5) is 5.69 Å². The lowest BCUT2D eigenvalue weighted by molar-refractivity contribution is -0.127. The third-order valence-electron chi connectivity index (χ3n) is 4.44. The Morgan fingerprint density at radius 3 is 2.38 bits per heavy atom.